The predicted molar refractivity (Wildman–Crippen MR) is 44.5 cm³/mol. The fourth-order valence-electron chi connectivity index (χ4n) is 1.38. The van der Waals surface area contributed by atoms with Gasteiger partial charge in [0.1, 0.15) is 0 Å². The Kier molecular flexibility index (Phi) is 3.13. The van der Waals surface area contributed by atoms with Crippen molar-refractivity contribution in [1.82, 2.24) is 4.90 Å². The molecule has 0 saturated carbocycles. The number of likely N-dealkylation sites (tertiary alicyclic amines) is 1. The van der Waals surface area contributed by atoms with Gasteiger partial charge in [0, 0.05) is 18.7 Å². The number of hydrogen-bond donors (Lipinski definition) is 1. The monoisotopic (exact) mass is 181 g/mol. The van der Waals surface area contributed by atoms with Crippen molar-refractivity contribution in [2.24, 2.45) is 0 Å². The van der Waals surface area contributed by atoms with Gasteiger partial charge in [-0.3, -0.25) is 4.90 Å². The first-order valence-corrected chi connectivity index (χ1v) is 4.48. The molecule has 0 N–H and O–H groups in total. The van der Waals surface area contributed by atoms with Gasteiger partial charge in [0.05, 0.1) is 6.54 Å². The zero-order valence-electron chi connectivity index (χ0n) is 6.39. The summed E-state index contributed by atoms with van der Waals surface area (Å²) in [6.45, 7) is 1.41. The lowest BCUT2D eigenvalue weighted by molar-refractivity contribution is -0.0622. The van der Waals surface area contributed by atoms with Gasteiger partial charge in [-0.2, -0.15) is 12.6 Å². The second-order valence-electron chi connectivity index (χ2n) is 2.96. The average molecular weight is 181 g/mol. The number of nitrogens with zero attached hydrogens (tertiary/aromatic N) is 1. The molecule has 11 heavy (non-hydrogen) atoms. The first-order valence-electron chi connectivity index (χ1n) is 3.85. The van der Waals surface area contributed by atoms with E-state index in [1.54, 1.807) is 4.90 Å². The van der Waals surface area contributed by atoms with E-state index in [1.807, 2.05) is 0 Å². The molecule has 0 unspecified atom stereocenters. The van der Waals surface area contributed by atoms with Crippen molar-refractivity contribution in [1.29, 1.82) is 0 Å². The smallest absolute Gasteiger partial charge is 0.260 e. The van der Waals surface area contributed by atoms with Crippen LogP contribution in [0, 0.1) is 0 Å². The van der Waals surface area contributed by atoms with E-state index < -0.39 is 5.92 Å². The molecule has 0 bridgehead atoms. The first kappa shape index (κ1) is 9.26. The standard InChI is InChI=1S/C7H13F2NS/c8-7(9)2-1-3-10(6-7)4-5-11/h11H,1-6H2. The van der Waals surface area contributed by atoms with Crippen LogP contribution in [0.15, 0.2) is 0 Å². The molecule has 1 heterocycles. The van der Waals surface area contributed by atoms with Gasteiger partial charge in [-0.1, -0.05) is 0 Å². The van der Waals surface area contributed by atoms with E-state index in [0.29, 0.717) is 18.7 Å². The normalized spacial score (nSPS) is 25.4. The SMILES string of the molecule is FC1(F)CCCN(CCS)C1. The van der Waals surface area contributed by atoms with Gasteiger partial charge in [-0.25, -0.2) is 8.78 Å². The Balaban J connectivity index is 2.34. The summed E-state index contributed by atoms with van der Waals surface area (Å²) in [5, 5.41) is 0. The third-order valence-corrected chi connectivity index (χ3v) is 2.09. The van der Waals surface area contributed by atoms with Gasteiger partial charge in [0.25, 0.3) is 5.92 Å². The van der Waals surface area contributed by atoms with Crippen LogP contribution in [-0.4, -0.2) is 36.2 Å². The second kappa shape index (κ2) is 3.72. The number of rotatable bonds is 2. The molecule has 0 aliphatic carbocycles. The van der Waals surface area contributed by atoms with E-state index >= 15 is 0 Å². The van der Waals surface area contributed by atoms with Crippen LogP contribution in [0.5, 0.6) is 0 Å². The highest BCUT2D eigenvalue weighted by molar-refractivity contribution is 7.80. The van der Waals surface area contributed by atoms with Gasteiger partial charge < -0.3 is 0 Å². The Hall–Kier alpha value is 0.170. The summed E-state index contributed by atoms with van der Waals surface area (Å²) in [6, 6.07) is 0. The topological polar surface area (TPSA) is 3.24 Å². The molecule has 0 aromatic carbocycles. The van der Waals surface area contributed by atoms with Gasteiger partial charge >= 0.3 is 0 Å². The molecule has 66 valence electrons. The van der Waals surface area contributed by atoms with Gasteiger partial charge in [-0.15, -0.1) is 0 Å². The summed E-state index contributed by atoms with van der Waals surface area (Å²) in [5.74, 6) is -1.79. The fourth-order valence-corrected chi connectivity index (χ4v) is 1.66. The van der Waals surface area contributed by atoms with Gasteiger partial charge in [0.2, 0.25) is 0 Å². The van der Waals surface area contributed by atoms with Crippen molar-refractivity contribution >= 4 is 12.6 Å². The molecule has 0 spiro atoms. The van der Waals surface area contributed by atoms with Crippen molar-refractivity contribution in [2.45, 2.75) is 18.8 Å². The Bertz CT molecular complexity index is 128. The third kappa shape index (κ3) is 2.95. The maximum Gasteiger partial charge on any atom is 0.260 e. The number of alkyl halides is 2. The average Bonchev–Trinajstić information content (AvgIpc) is 1.85. The Morgan fingerprint density at radius 2 is 2.18 bits per heavy atom. The molecule has 0 radical (unpaired) electrons. The van der Waals surface area contributed by atoms with E-state index in [-0.39, 0.29) is 13.0 Å². The third-order valence-electron chi connectivity index (χ3n) is 1.89. The number of thiol groups is 1. The summed E-state index contributed by atoms with van der Waals surface area (Å²) >= 11 is 4.00. The summed E-state index contributed by atoms with van der Waals surface area (Å²) in [4.78, 5) is 1.77. The Morgan fingerprint density at radius 1 is 1.45 bits per heavy atom. The number of halogens is 2. The summed E-state index contributed by atoms with van der Waals surface area (Å²) in [5.41, 5.74) is 0. The first-order chi connectivity index (χ1) is 5.14. The van der Waals surface area contributed by atoms with E-state index in [4.69, 9.17) is 0 Å². The molecular weight excluding hydrogens is 168 g/mol. The van der Waals surface area contributed by atoms with Crippen molar-refractivity contribution in [3.63, 3.8) is 0 Å². The maximum atomic E-state index is 12.7. The minimum atomic E-state index is -2.46. The molecule has 1 rings (SSSR count). The van der Waals surface area contributed by atoms with Crippen molar-refractivity contribution in [3.8, 4) is 0 Å². The number of piperidine rings is 1. The van der Waals surface area contributed by atoms with Crippen LogP contribution in [0.2, 0.25) is 0 Å². The minimum absolute atomic E-state index is 0.0517. The molecule has 1 fully saturated rings. The molecule has 4 heteroatoms. The zero-order valence-corrected chi connectivity index (χ0v) is 7.29. The summed E-state index contributed by atoms with van der Waals surface area (Å²) < 4.78 is 25.4. The lowest BCUT2D eigenvalue weighted by Crippen LogP contribution is -2.43. The van der Waals surface area contributed by atoms with E-state index in [9.17, 15) is 8.78 Å². The Labute approximate surface area is 71.2 Å². The summed E-state index contributed by atoms with van der Waals surface area (Å²) in [7, 11) is 0. The van der Waals surface area contributed by atoms with Crippen LogP contribution in [-0.2, 0) is 0 Å². The highest BCUT2D eigenvalue weighted by atomic mass is 32.1. The second-order valence-corrected chi connectivity index (χ2v) is 3.41. The zero-order chi connectivity index (χ0) is 8.32. The van der Waals surface area contributed by atoms with Gasteiger partial charge in [0.15, 0.2) is 0 Å². The molecule has 0 atom stereocenters. The largest absolute Gasteiger partial charge is 0.297 e. The molecule has 1 nitrogen and oxygen atoms in total. The minimum Gasteiger partial charge on any atom is -0.297 e. The highest BCUT2D eigenvalue weighted by Crippen LogP contribution is 2.25. The lowest BCUT2D eigenvalue weighted by atomic mass is 10.1. The van der Waals surface area contributed by atoms with Crippen molar-refractivity contribution < 1.29 is 8.78 Å². The van der Waals surface area contributed by atoms with Crippen LogP contribution >= 0.6 is 12.6 Å². The molecule has 1 aliphatic heterocycles. The highest BCUT2D eigenvalue weighted by Gasteiger charge is 2.34. The molecule has 1 saturated heterocycles. The van der Waals surface area contributed by atoms with E-state index in [0.717, 1.165) is 6.54 Å². The quantitative estimate of drug-likeness (QED) is 0.634. The lowest BCUT2D eigenvalue weighted by Gasteiger charge is -2.31. The molecule has 0 aromatic rings. The summed E-state index contributed by atoms with van der Waals surface area (Å²) in [6.07, 6.45) is 0.664. The van der Waals surface area contributed by atoms with Crippen LogP contribution < -0.4 is 0 Å². The Morgan fingerprint density at radius 3 is 2.73 bits per heavy atom. The number of hydrogen-bond acceptors (Lipinski definition) is 2. The van der Waals surface area contributed by atoms with Crippen LogP contribution in [0.4, 0.5) is 8.78 Å². The van der Waals surface area contributed by atoms with Crippen LogP contribution in [0.1, 0.15) is 12.8 Å². The molecule has 0 amide bonds. The van der Waals surface area contributed by atoms with E-state index in [1.165, 1.54) is 0 Å². The molecular formula is C7H13F2NS. The van der Waals surface area contributed by atoms with Crippen molar-refractivity contribution in [2.75, 3.05) is 25.4 Å². The van der Waals surface area contributed by atoms with Crippen LogP contribution in [0.3, 0.4) is 0 Å². The van der Waals surface area contributed by atoms with Gasteiger partial charge in [-0.05, 0) is 13.0 Å². The fraction of sp³-hybridized carbons (Fsp3) is 1.00. The maximum absolute atomic E-state index is 12.7. The molecule has 0 aromatic heterocycles. The molecule has 1 aliphatic rings. The van der Waals surface area contributed by atoms with Crippen molar-refractivity contribution in [3.05, 3.63) is 0 Å². The predicted octanol–water partition coefficient (Wildman–Crippen LogP) is 1.65. The van der Waals surface area contributed by atoms with E-state index in [2.05, 4.69) is 12.6 Å². The van der Waals surface area contributed by atoms with Crippen LogP contribution in [0.25, 0.3) is 0 Å².